The summed E-state index contributed by atoms with van der Waals surface area (Å²) in [6.07, 6.45) is 3.65. The fourth-order valence-electron chi connectivity index (χ4n) is 1.80. The van der Waals surface area contributed by atoms with Gasteiger partial charge in [0.05, 0.1) is 15.4 Å². The van der Waals surface area contributed by atoms with Gasteiger partial charge in [0.15, 0.2) is 0 Å². The van der Waals surface area contributed by atoms with Gasteiger partial charge in [-0.15, -0.1) is 5.10 Å². The highest BCUT2D eigenvalue weighted by Crippen LogP contribution is 2.23. The molecular weight excluding hydrogens is 324 g/mol. The lowest BCUT2D eigenvalue weighted by Gasteiger charge is -2.02. The van der Waals surface area contributed by atoms with Gasteiger partial charge in [-0.2, -0.15) is 0 Å². The van der Waals surface area contributed by atoms with E-state index in [2.05, 4.69) is 33.2 Å². The molecule has 0 bridgehead atoms. The lowest BCUT2D eigenvalue weighted by atomic mass is 10.1. The standard InChI is InChI=1S/C13H15BrN4O2/c1-2-12(14)13-9-17(16-15-13)8-7-10-3-5-11(6-4-10)18(19)20/h3-6,9,12H,2,7-8H2,1H3. The van der Waals surface area contributed by atoms with Crippen molar-refractivity contribution in [3.05, 3.63) is 51.8 Å². The van der Waals surface area contributed by atoms with Crippen LogP contribution in [0.1, 0.15) is 29.4 Å². The number of nitro benzene ring substituents is 1. The molecule has 0 N–H and O–H groups in total. The van der Waals surface area contributed by atoms with Gasteiger partial charge in [-0.1, -0.05) is 40.2 Å². The highest BCUT2D eigenvalue weighted by molar-refractivity contribution is 9.09. The van der Waals surface area contributed by atoms with Gasteiger partial charge in [0, 0.05) is 24.9 Å². The van der Waals surface area contributed by atoms with Crippen LogP contribution in [0.15, 0.2) is 30.5 Å². The number of nitrogens with zero attached hydrogens (tertiary/aromatic N) is 4. The van der Waals surface area contributed by atoms with Gasteiger partial charge in [-0.25, -0.2) is 0 Å². The van der Waals surface area contributed by atoms with Crippen LogP contribution in [-0.2, 0) is 13.0 Å². The van der Waals surface area contributed by atoms with Crippen molar-refractivity contribution >= 4 is 21.6 Å². The molecular formula is C13H15BrN4O2. The van der Waals surface area contributed by atoms with Crippen LogP contribution in [-0.4, -0.2) is 19.9 Å². The fourth-order valence-corrected chi connectivity index (χ4v) is 2.01. The van der Waals surface area contributed by atoms with E-state index in [1.807, 2.05) is 6.20 Å². The first kappa shape index (κ1) is 14.6. The van der Waals surface area contributed by atoms with E-state index in [9.17, 15) is 10.1 Å². The van der Waals surface area contributed by atoms with Crippen molar-refractivity contribution in [2.45, 2.75) is 31.1 Å². The number of nitro groups is 1. The predicted octanol–water partition coefficient (Wildman–Crippen LogP) is 3.28. The van der Waals surface area contributed by atoms with Gasteiger partial charge < -0.3 is 0 Å². The van der Waals surface area contributed by atoms with Crippen molar-refractivity contribution in [3.63, 3.8) is 0 Å². The Labute approximate surface area is 125 Å². The summed E-state index contributed by atoms with van der Waals surface area (Å²) in [6.45, 7) is 2.78. The third-order valence-corrected chi connectivity index (χ3v) is 4.13. The number of aryl methyl sites for hydroxylation is 2. The smallest absolute Gasteiger partial charge is 0.258 e. The monoisotopic (exact) mass is 338 g/mol. The minimum Gasteiger partial charge on any atom is -0.258 e. The van der Waals surface area contributed by atoms with Crippen molar-refractivity contribution < 1.29 is 4.92 Å². The molecule has 6 nitrogen and oxygen atoms in total. The van der Waals surface area contributed by atoms with Gasteiger partial charge in [0.1, 0.15) is 0 Å². The van der Waals surface area contributed by atoms with E-state index in [1.165, 1.54) is 12.1 Å². The SMILES string of the molecule is CCC(Br)c1cn(CCc2ccc([N+](=O)[O-])cc2)nn1. The number of alkyl halides is 1. The van der Waals surface area contributed by atoms with Crippen LogP contribution < -0.4 is 0 Å². The van der Waals surface area contributed by atoms with Crippen molar-refractivity contribution in [1.82, 2.24) is 15.0 Å². The Morgan fingerprint density at radius 2 is 2.10 bits per heavy atom. The Morgan fingerprint density at radius 3 is 2.70 bits per heavy atom. The average Bonchev–Trinajstić information content (AvgIpc) is 2.93. The maximum Gasteiger partial charge on any atom is 0.269 e. The highest BCUT2D eigenvalue weighted by Gasteiger charge is 2.09. The van der Waals surface area contributed by atoms with Crippen molar-refractivity contribution in [2.24, 2.45) is 0 Å². The van der Waals surface area contributed by atoms with Crippen molar-refractivity contribution in [2.75, 3.05) is 0 Å². The summed E-state index contributed by atoms with van der Waals surface area (Å²) in [5, 5.41) is 18.8. The van der Waals surface area contributed by atoms with Crippen LogP contribution >= 0.6 is 15.9 Å². The Bertz CT molecular complexity index is 582. The third-order valence-electron chi connectivity index (χ3n) is 3.01. The molecule has 2 aromatic rings. The number of hydrogen-bond acceptors (Lipinski definition) is 4. The largest absolute Gasteiger partial charge is 0.269 e. The molecule has 1 aromatic carbocycles. The topological polar surface area (TPSA) is 73.8 Å². The van der Waals surface area contributed by atoms with Crippen molar-refractivity contribution in [1.29, 1.82) is 0 Å². The number of rotatable bonds is 6. The molecule has 0 saturated heterocycles. The Hall–Kier alpha value is -1.76. The minimum absolute atomic E-state index is 0.113. The molecule has 7 heteroatoms. The molecule has 1 unspecified atom stereocenters. The molecule has 0 amide bonds. The van der Waals surface area contributed by atoms with Gasteiger partial charge in [-0.3, -0.25) is 14.8 Å². The van der Waals surface area contributed by atoms with Gasteiger partial charge in [-0.05, 0) is 18.4 Å². The summed E-state index contributed by atoms with van der Waals surface area (Å²) in [5.41, 5.74) is 2.08. The second kappa shape index (κ2) is 6.60. The van der Waals surface area contributed by atoms with E-state index in [4.69, 9.17) is 0 Å². The number of aromatic nitrogens is 3. The summed E-state index contributed by atoms with van der Waals surface area (Å²) >= 11 is 3.54. The maximum atomic E-state index is 10.6. The van der Waals surface area contributed by atoms with E-state index < -0.39 is 4.92 Å². The van der Waals surface area contributed by atoms with E-state index in [1.54, 1.807) is 16.8 Å². The quantitative estimate of drug-likeness (QED) is 0.460. The van der Waals surface area contributed by atoms with E-state index >= 15 is 0 Å². The summed E-state index contributed by atoms with van der Waals surface area (Å²) in [7, 11) is 0. The zero-order valence-corrected chi connectivity index (χ0v) is 12.7. The molecule has 0 spiro atoms. The van der Waals surface area contributed by atoms with Gasteiger partial charge in [0.2, 0.25) is 0 Å². The Morgan fingerprint density at radius 1 is 1.40 bits per heavy atom. The first-order valence-electron chi connectivity index (χ1n) is 6.37. The molecule has 0 aliphatic rings. The number of benzene rings is 1. The molecule has 1 atom stereocenters. The fraction of sp³-hybridized carbons (Fsp3) is 0.385. The summed E-state index contributed by atoms with van der Waals surface area (Å²) in [6, 6.07) is 6.59. The second-order valence-corrected chi connectivity index (χ2v) is 5.56. The number of halogens is 1. The molecule has 0 fully saturated rings. The first-order chi connectivity index (χ1) is 9.60. The number of hydrogen-bond donors (Lipinski definition) is 0. The molecule has 0 aliphatic carbocycles. The Balaban J connectivity index is 1.94. The average molecular weight is 339 g/mol. The van der Waals surface area contributed by atoms with Crippen LogP contribution in [0.5, 0.6) is 0 Å². The van der Waals surface area contributed by atoms with Gasteiger partial charge in [0.25, 0.3) is 5.69 Å². The first-order valence-corrected chi connectivity index (χ1v) is 7.29. The van der Waals surface area contributed by atoms with Crippen molar-refractivity contribution in [3.8, 4) is 0 Å². The third kappa shape index (κ3) is 3.63. The molecule has 1 heterocycles. The van der Waals surface area contributed by atoms with Crippen LogP contribution in [0.25, 0.3) is 0 Å². The molecule has 0 aliphatic heterocycles. The zero-order valence-electron chi connectivity index (χ0n) is 11.1. The van der Waals surface area contributed by atoms with Crippen LogP contribution in [0.4, 0.5) is 5.69 Å². The Kier molecular flexibility index (Phi) is 4.84. The summed E-state index contributed by atoms with van der Waals surface area (Å²) in [4.78, 5) is 10.4. The predicted molar refractivity (Wildman–Crippen MR) is 78.8 cm³/mol. The molecule has 0 saturated carbocycles. The molecule has 20 heavy (non-hydrogen) atoms. The zero-order chi connectivity index (χ0) is 14.5. The molecule has 1 aromatic heterocycles. The summed E-state index contributed by atoms with van der Waals surface area (Å²) < 4.78 is 1.79. The normalized spacial score (nSPS) is 12.3. The number of non-ortho nitro benzene ring substituents is 1. The van der Waals surface area contributed by atoms with E-state index in [0.29, 0.717) is 6.54 Å². The summed E-state index contributed by atoms with van der Waals surface area (Å²) in [5.74, 6) is 0. The maximum absolute atomic E-state index is 10.6. The molecule has 0 radical (unpaired) electrons. The van der Waals surface area contributed by atoms with Gasteiger partial charge >= 0.3 is 0 Å². The highest BCUT2D eigenvalue weighted by atomic mass is 79.9. The van der Waals surface area contributed by atoms with E-state index in [-0.39, 0.29) is 10.5 Å². The van der Waals surface area contributed by atoms with Crippen LogP contribution in [0.2, 0.25) is 0 Å². The lowest BCUT2D eigenvalue weighted by molar-refractivity contribution is -0.384. The lowest BCUT2D eigenvalue weighted by Crippen LogP contribution is -2.02. The van der Waals surface area contributed by atoms with E-state index in [0.717, 1.165) is 24.1 Å². The van der Waals surface area contributed by atoms with Crippen LogP contribution in [0.3, 0.4) is 0 Å². The minimum atomic E-state index is -0.394. The second-order valence-electron chi connectivity index (χ2n) is 4.46. The molecule has 2 rings (SSSR count). The molecule has 106 valence electrons. The van der Waals surface area contributed by atoms with Crippen LogP contribution in [0, 0.1) is 10.1 Å².